The topological polar surface area (TPSA) is 51.8 Å². The number of nitrogens with zero attached hydrogens (tertiary/aromatic N) is 2. The Balaban J connectivity index is 3.23. The highest BCUT2D eigenvalue weighted by atomic mass is 79.9. The van der Waals surface area contributed by atoms with E-state index >= 15 is 0 Å². The van der Waals surface area contributed by atoms with Gasteiger partial charge in [-0.1, -0.05) is 34.6 Å². The average Bonchev–Trinajstić information content (AvgIpc) is 2.08. The summed E-state index contributed by atoms with van der Waals surface area (Å²) >= 11 is 3.47. The molecule has 1 aromatic heterocycles. The highest BCUT2D eigenvalue weighted by molar-refractivity contribution is 9.10. The third-order valence-corrected chi connectivity index (χ3v) is 3.01. The molecular weight excluding hydrogens is 266 g/mol. The number of rotatable bonds is 2. The van der Waals surface area contributed by atoms with E-state index in [1.165, 1.54) is 0 Å². The largest absolute Gasteiger partial charge is 0.383 e. The average molecular weight is 286 g/mol. The first-order chi connectivity index (χ1) is 7.21. The van der Waals surface area contributed by atoms with Gasteiger partial charge in [-0.2, -0.15) is 0 Å². The summed E-state index contributed by atoms with van der Waals surface area (Å²) in [5, 5.41) is 0. The van der Waals surface area contributed by atoms with Crippen molar-refractivity contribution in [3.63, 3.8) is 0 Å². The predicted molar refractivity (Wildman–Crippen MR) is 71.4 cm³/mol. The van der Waals surface area contributed by atoms with Crippen molar-refractivity contribution in [2.24, 2.45) is 5.92 Å². The van der Waals surface area contributed by atoms with E-state index in [1.54, 1.807) is 0 Å². The molecule has 1 heterocycles. The van der Waals surface area contributed by atoms with Gasteiger partial charge < -0.3 is 5.73 Å². The lowest BCUT2D eigenvalue weighted by Crippen LogP contribution is -2.18. The summed E-state index contributed by atoms with van der Waals surface area (Å²) in [6, 6.07) is 0. The van der Waals surface area contributed by atoms with E-state index in [0.29, 0.717) is 11.7 Å². The van der Waals surface area contributed by atoms with Crippen LogP contribution < -0.4 is 5.73 Å². The van der Waals surface area contributed by atoms with Crippen LogP contribution in [-0.2, 0) is 11.8 Å². The van der Waals surface area contributed by atoms with Crippen LogP contribution in [0.15, 0.2) is 4.47 Å². The van der Waals surface area contributed by atoms with E-state index < -0.39 is 0 Å². The van der Waals surface area contributed by atoms with Crippen LogP contribution in [0.3, 0.4) is 0 Å². The molecule has 1 rings (SSSR count). The molecule has 0 bridgehead atoms. The minimum absolute atomic E-state index is 0.0262. The van der Waals surface area contributed by atoms with Gasteiger partial charge in [0.1, 0.15) is 11.6 Å². The zero-order valence-electron chi connectivity index (χ0n) is 10.6. The van der Waals surface area contributed by atoms with E-state index in [2.05, 4.69) is 60.5 Å². The first-order valence-corrected chi connectivity index (χ1v) is 6.33. The summed E-state index contributed by atoms with van der Waals surface area (Å²) in [4.78, 5) is 8.91. The number of aromatic nitrogens is 2. The van der Waals surface area contributed by atoms with E-state index in [1.807, 2.05) is 0 Å². The second-order valence-electron chi connectivity index (χ2n) is 5.54. The first-order valence-electron chi connectivity index (χ1n) is 5.54. The van der Waals surface area contributed by atoms with Crippen LogP contribution in [0.1, 0.15) is 46.1 Å². The van der Waals surface area contributed by atoms with Crippen LogP contribution in [0.4, 0.5) is 5.82 Å². The zero-order chi connectivity index (χ0) is 12.5. The highest BCUT2D eigenvalue weighted by Gasteiger charge is 2.22. The van der Waals surface area contributed by atoms with E-state index in [9.17, 15) is 0 Å². The van der Waals surface area contributed by atoms with Crippen LogP contribution in [0.25, 0.3) is 0 Å². The second-order valence-corrected chi connectivity index (χ2v) is 6.33. The predicted octanol–water partition coefficient (Wildman–Crippen LogP) is 3.32. The molecule has 0 aromatic carbocycles. The van der Waals surface area contributed by atoms with E-state index in [0.717, 1.165) is 22.4 Å². The fraction of sp³-hybridized carbons (Fsp3) is 0.667. The van der Waals surface area contributed by atoms with Gasteiger partial charge in [0.25, 0.3) is 0 Å². The molecule has 4 heteroatoms. The molecule has 0 amide bonds. The van der Waals surface area contributed by atoms with Gasteiger partial charge in [0.15, 0.2) is 0 Å². The molecule has 0 aliphatic carbocycles. The molecule has 2 N–H and O–H groups in total. The lowest BCUT2D eigenvalue weighted by atomic mass is 9.91. The number of anilines is 1. The molecule has 0 saturated heterocycles. The molecule has 3 nitrogen and oxygen atoms in total. The number of hydrogen-bond acceptors (Lipinski definition) is 3. The Morgan fingerprint density at radius 2 is 1.81 bits per heavy atom. The summed E-state index contributed by atoms with van der Waals surface area (Å²) < 4.78 is 0.826. The molecule has 0 radical (unpaired) electrons. The first kappa shape index (κ1) is 13.4. The van der Waals surface area contributed by atoms with Gasteiger partial charge >= 0.3 is 0 Å². The zero-order valence-corrected chi connectivity index (χ0v) is 12.2. The number of nitrogens with two attached hydrogens (primary N) is 1. The maximum absolute atomic E-state index is 5.90. The van der Waals surface area contributed by atoms with Crippen LogP contribution in [0, 0.1) is 5.92 Å². The van der Waals surface area contributed by atoms with E-state index in [-0.39, 0.29) is 5.41 Å². The number of nitrogen functional groups attached to an aromatic ring is 1. The normalized spacial score (nSPS) is 12.2. The van der Waals surface area contributed by atoms with Crippen LogP contribution in [0.2, 0.25) is 0 Å². The van der Waals surface area contributed by atoms with Crippen molar-refractivity contribution in [2.75, 3.05) is 5.73 Å². The van der Waals surface area contributed by atoms with Crippen molar-refractivity contribution < 1.29 is 0 Å². The standard InChI is InChI=1S/C12H20BrN3/c1-7(2)6-8-15-10(12(3,4)5)9(13)11(14)16-8/h7H,6H2,1-5H3,(H2,14,15,16). The molecule has 0 unspecified atom stereocenters. The third kappa shape index (κ3) is 3.17. The summed E-state index contributed by atoms with van der Waals surface area (Å²) in [7, 11) is 0. The number of hydrogen-bond donors (Lipinski definition) is 1. The summed E-state index contributed by atoms with van der Waals surface area (Å²) in [5.74, 6) is 1.91. The Morgan fingerprint density at radius 3 is 2.25 bits per heavy atom. The summed E-state index contributed by atoms with van der Waals surface area (Å²) in [5.41, 5.74) is 6.85. The van der Waals surface area contributed by atoms with Crippen molar-refractivity contribution >= 4 is 21.7 Å². The van der Waals surface area contributed by atoms with Crippen molar-refractivity contribution in [2.45, 2.75) is 46.5 Å². The molecule has 1 aromatic rings. The van der Waals surface area contributed by atoms with Gasteiger partial charge in [0.05, 0.1) is 10.2 Å². The van der Waals surface area contributed by atoms with Gasteiger partial charge in [-0.15, -0.1) is 0 Å². The molecule has 0 saturated carbocycles. The Labute approximate surface area is 106 Å². The third-order valence-electron chi connectivity index (χ3n) is 2.22. The van der Waals surface area contributed by atoms with Crippen molar-refractivity contribution in [3.05, 3.63) is 16.0 Å². The van der Waals surface area contributed by atoms with Crippen LogP contribution >= 0.6 is 15.9 Å². The second kappa shape index (κ2) is 4.70. The Kier molecular flexibility index (Phi) is 3.94. The quantitative estimate of drug-likeness (QED) is 0.907. The molecular formula is C12H20BrN3. The van der Waals surface area contributed by atoms with Gasteiger partial charge in [-0.3, -0.25) is 0 Å². The van der Waals surface area contributed by atoms with Crippen molar-refractivity contribution in [1.29, 1.82) is 0 Å². The number of halogens is 1. The Hall–Kier alpha value is -0.640. The fourth-order valence-electron chi connectivity index (χ4n) is 1.47. The molecule has 90 valence electrons. The SMILES string of the molecule is CC(C)Cc1nc(N)c(Br)c(C(C)(C)C)n1. The van der Waals surface area contributed by atoms with Crippen molar-refractivity contribution in [1.82, 2.24) is 9.97 Å². The lowest BCUT2D eigenvalue weighted by Gasteiger charge is -2.21. The monoisotopic (exact) mass is 285 g/mol. The Bertz CT molecular complexity index is 381. The molecule has 0 atom stereocenters. The van der Waals surface area contributed by atoms with E-state index in [4.69, 9.17) is 5.73 Å². The van der Waals surface area contributed by atoms with Gasteiger partial charge in [-0.25, -0.2) is 9.97 Å². The van der Waals surface area contributed by atoms with Crippen LogP contribution in [0.5, 0.6) is 0 Å². The fourth-order valence-corrected chi connectivity index (χ4v) is 2.24. The molecule has 0 spiro atoms. The van der Waals surface area contributed by atoms with Crippen molar-refractivity contribution in [3.8, 4) is 0 Å². The lowest BCUT2D eigenvalue weighted by molar-refractivity contribution is 0.548. The molecule has 0 aliphatic heterocycles. The minimum atomic E-state index is -0.0262. The van der Waals surface area contributed by atoms with Gasteiger partial charge in [0, 0.05) is 11.8 Å². The molecule has 0 fully saturated rings. The Morgan fingerprint density at radius 1 is 1.25 bits per heavy atom. The van der Waals surface area contributed by atoms with Crippen LogP contribution in [-0.4, -0.2) is 9.97 Å². The smallest absolute Gasteiger partial charge is 0.141 e. The maximum Gasteiger partial charge on any atom is 0.141 e. The molecule has 0 aliphatic rings. The maximum atomic E-state index is 5.90. The minimum Gasteiger partial charge on any atom is -0.383 e. The molecule has 16 heavy (non-hydrogen) atoms. The summed E-state index contributed by atoms with van der Waals surface area (Å²) in [6.07, 6.45) is 0.862. The van der Waals surface area contributed by atoms with Gasteiger partial charge in [0.2, 0.25) is 0 Å². The highest BCUT2D eigenvalue weighted by Crippen LogP contribution is 2.31. The van der Waals surface area contributed by atoms with Gasteiger partial charge in [-0.05, 0) is 21.8 Å². The summed E-state index contributed by atoms with van der Waals surface area (Å²) in [6.45, 7) is 10.7.